The summed E-state index contributed by atoms with van der Waals surface area (Å²) in [4.78, 5) is 13.7. The number of fused-ring (bicyclic) bond motifs is 1. The van der Waals surface area contributed by atoms with Crippen molar-refractivity contribution in [2.75, 3.05) is 44.2 Å². The monoisotopic (exact) mass is 294 g/mol. The van der Waals surface area contributed by atoms with Crippen LogP contribution in [0, 0.1) is 0 Å². The molecule has 1 aromatic rings. The van der Waals surface area contributed by atoms with Gasteiger partial charge in [-0.2, -0.15) is 0 Å². The molecule has 1 aromatic carbocycles. The standard InChI is InChI=1S/C15H22N2O4/c1-10(9-21-3)17(6-7-20-2)11-4-5-12-13(8-11)16-15(19)14(12)18/h4-5,8,10,14,18H,6-7,9H2,1-3H3,(H,16,19). The van der Waals surface area contributed by atoms with Crippen molar-refractivity contribution in [3.05, 3.63) is 23.8 Å². The topological polar surface area (TPSA) is 71.0 Å². The molecule has 0 fully saturated rings. The molecule has 0 spiro atoms. The summed E-state index contributed by atoms with van der Waals surface area (Å²) in [5.74, 6) is -0.379. The van der Waals surface area contributed by atoms with Gasteiger partial charge in [0.2, 0.25) is 0 Å². The molecule has 1 amide bonds. The Balaban J connectivity index is 2.24. The van der Waals surface area contributed by atoms with Crippen molar-refractivity contribution in [2.45, 2.75) is 19.1 Å². The first kappa shape index (κ1) is 15.8. The lowest BCUT2D eigenvalue weighted by Gasteiger charge is -2.31. The largest absolute Gasteiger partial charge is 0.383 e. The maximum absolute atomic E-state index is 11.5. The maximum Gasteiger partial charge on any atom is 0.257 e. The van der Waals surface area contributed by atoms with E-state index in [2.05, 4.69) is 17.1 Å². The molecule has 21 heavy (non-hydrogen) atoms. The second kappa shape index (κ2) is 6.89. The summed E-state index contributed by atoms with van der Waals surface area (Å²) in [6, 6.07) is 5.74. The molecule has 116 valence electrons. The van der Waals surface area contributed by atoms with E-state index in [0.29, 0.717) is 24.5 Å². The molecule has 0 saturated heterocycles. The van der Waals surface area contributed by atoms with Crippen LogP contribution in [0.4, 0.5) is 11.4 Å². The molecule has 0 bridgehead atoms. The van der Waals surface area contributed by atoms with E-state index in [1.54, 1.807) is 20.3 Å². The van der Waals surface area contributed by atoms with Gasteiger partial charge in [0.1, 0.15) is 0 Å². The molecule has 1 heterocycles. The van der Waals surface area contributed by atoms with Crippen LogP contribution in [0.2, 0.25) is 0 Å². The van der Waals surface area contributed by atoms with Crippen molar-refractivity contribution >= 4 is 17.3 Å². The number of hydrogen-bond acceptors (Lipinski definition) is 5. The third-order valence-electron chi connectivity index (χ3n) is 3.65. The summed E-state index contributed by atoms with van der Waals surface area (Å²) in [7, 11) is 3.34. The van der Waals surface area contributed by atoms with Crippen molar-refractivity contribution in [1.29, 1.82) is 0 Å². The predicted octanol–water partition coefficient (Wildman–Crippen LogP) is 1.16. The molecule has 0 aromatic heterocycles. The SMILES string of the molecule is COCCN(c1ccc2c(c1)NC(=O)C2O)C(C)COC. The molecule has 0 saturated carbocycles. The van der Waals surface area contributed by atoms with Crippen molar-refractivity contribution in [2.24, 2.45) is 0 Å². The molecule has 6 heteroatoms. The summed E-state index contributed by atoms with van der Waals surface area (Å²) in [6.45, 7) is 3.98. The number of methoxy groups -OCH3 is 2. The average molecular weight is 294 g/mol. The number of aliphatic hydroxyl groups excluding tert-OH is 1. The number of rotatable bonds is 7. The minimum Gasteiger partial charge on any atom is -0.383 e. The first-order chi connectivity index (χ1) is 10.1. The van der Waals surface area contributed by atoms with Crippen LogP contribution in [0.15, 0.2) is 18.2 Å². The Kier molecular flexibility index (Phi) is 5.17. The van der Waals surface area contributed by atoms with Crippen LogP contribution in [0.25, 0.3) is 0 Å². The number of nitrogens with zero attached hydrogens (tertiary/aromatic N) is 1. The minimum atomic E-state index is -1.07. The van der Waals surface area contributed by atoms with E-state index in [0.717, 1.165) is 12.2 Å². The average Bonchev–Trinajstić information content (AvgIpc) is 2.74. The number of aliphatic hydroxyl groups is 1. The zero-order chi connectivity index (χ0) is 15.4. The molecule has 2 rings (SSSR count). The lowest BCUT2D eigenvalue weighted by molar-refractivity contribution is -0.123. The van der Waals surface area contributed by atoms with E-state index in [1.165, 1.54) is 0 Å². The highest BCUT2D eigenvalue weighted by molar-refractivity contribution is 6.02. The lowest BCUT2D eigenvalue weighted by atomic mass is 10.1. The van der Waals surface area contributed by atoms with Gasteiger partial charge in [0.25, 0.3) is 5.91 Å². The Hall–Kier alpha value is -1.63. The van der Waals surface area contributed by atoms with Crippen LogP contribution in [-0.2, 0) is 14.3 Å². The molecular weight excluding hydrogens is 272 g/mol. The Labute approximate surface area is 124 Å². The fourth-order valence-corrected chi connectivity index (χ4v) is 2.54. The fourth-order valence-electron chi connectivity index (χ4n) is 2.54. The number of anilines is 2. The predicted molar refractivity (Wildman–Crippen MR) is 80.6 cm³/mol. The van der Waals surface area contributed by atoms with Gasteiger partial charge >= 0.3 is 0 Å². The van der Waals surface area contributed by atoms with Crippen molar-refractivity contribution in [3.8, 4) is 0 Å². The van der Waals surface area contributed by atoms with Gasteiger partial charge in [-0.3, -0.25) is 4.79 Å². The highest BCUT2D eigenvalue weighted by Crippen LogP contribution is 2.34. The summed E-state index contributed by atoms with van der Waals surface area (Å²) < 4.78 is 10.4. The molecule has 1 aliphatic heterocycles. The van der Waals surface area contributed by atoms with Gasteiger partial charge in [0.05, 0.1) is 13.2 Å². The quantitative estimate of drug-likeness (QED) is 0.789. The lowest BCUT2D eigenvalue weighted by Crippen LogP contribution is -2.38. The molecule has 0 radical (unpaired) electrons. The third-order valence-corrected chi connectivity index (χ3v) is 3.65. The zero-order valence-corrected chi connectivity index (χ0v) is 12.6. The van der Waals surface area contributed by atoms with Crippen LogP contribution in [0.1, 0.15) is 18.6 Å². The number of ether oxygens (including phenoxy) is 2. The van der Waals surface area contributed by atoms with Gasteiger partial charge in [-0.25, -0.2) is 0 Å². The number of amides is 1. The van der Waals surface area contributed by atoms with Gasteiger partial charge in [-0.1, -0.05) is 6.07 Å². The van der Waals surface area contributed by atoms with E-state index in [9.17, 15) is 9.90 Å². The minimum absolute atomic E-state index is 0.172. The van der Waals surface area contributed by atoms with Crippen molar-refractivity contribution in [1.82, 2.24) is 0 Å². The van der Waals surface area contributed by atoms with Crippen molar-refractivity contribution < 1.29 is 19.4 Å². The number of nitrogens with one attached hydrogen (secondary N) is 1. The van der Waals surface area contributed by atoms with Crippen LogP contribution in [-0.4, -0.2) is 51.0 Å². The van der Waals surface area contributed by atoms with Gasteiger partial charge in [0.15, 0.2) is 6.10 Å². The van der Waals surface area contributed by atoms with E-state index in [1.807, 2.05) is 12.1 Å². The number of carbonyl (C=O) groups excluding carboxylic acids is 1. The molecule has 2 atom stereocenters. The van der Waals surface area contributed by atoms with E-state index in [-0.39, 0.29) is 11.9 Å². The van der Waals surface area contributed by atoms with Gasteiger partial charge in [0, 0.05) is 43.7 Å². The van der Waals surface area contributed by atoms with E-state index < -0.39 is 6.10 Å². The Bertz CT molecular complexity index is 506. The van der Waals surface area contributed by atoms with Crippen molar-refractivity contribution in [3.63, 3.8) is 0 Å². The molecule has 0 aliphatic carbocycles. The number of benzene rings is 1. The Morgan fingerprint density at radius 2 is 2.14 bits per heavy atom. The van der Waals surface area contributed by atoms with Crippen LogP contribution >= 0.6 is 0 Å². The summed E-state index contributed by atoms with van der Waals surface area (Å²) in [5.41, 5.74) is 2.25. The molecular formula is C15H22N2O4. The normalized spacial score (nSPS) is 18.3. The Morgan fingerprint density at radius 1 is 1.38 bits per heavy atom. The van der Waals surface area contributed by atoms with Gasteiger partial charge < -0.3 is 24.8 Å². The highest BCUT2D eigenvalue weighted by Gasteiger charge is 2.29. The van der Waals surface area contributed by atoms with Gasteiger partial charge in [-0.15, -0.1) is 0 Å². The number of carbonyl (C=O) groups is 1. The van der Waals surface area contributed by atoms with E-state index >= 15 is 0 Å². The first-order valence-electron chi connectivity index (χ1n) is 6.96. The van der Waals surface area contributed by atoms with Crippen LogP contribution < -0.4 is 10.2 Å². The molecule has 2 unspecified atom stereocenters. The highest BCUT2D eigenvalue weighted by atomic mass is 16.5. The molecule has 6 nitrogen and oxygen atoms in total. The molecule has 2 N–H and O–H groups in total. The van der Waals surface area contributed by atoms with Crippen LogP contribution in [0.3, 0.4) is 0 Å². The molecule has 1 aliphatic rings. The van der Waals surface area contributed by atoms with E-state index in [4.69, 9.17) is 9.47 Å². The second-order valence-electron chi connectivity index (χ2n) is 5.15. The fraction of sp³-hybridized carbons (Fsp3) is 0.533. The summed E-state index contributed by atoms with van der Waals surface area (Å²) >= 11 is 0. The second-order valence-corrected chi connectivity index (χ2v) is 5.15. The summed E-state index contributed by atoms with van der Waals surface area (Å²) in [5, 5.41) is 12.4. The summed E-state index contributed by atoms with van der Waals surface area (Å²) in [6.07, 6.45) is -1.07. The maximum atomic E-state index is 11.5. The van der Waals surface area contributed by atoms with Gasteiger partial charge in [-0.05, 0) is 19.1 Å². The van der Waals surface area contributed by atoms with Crippen LogP contribution in [0.5, 0.6) is 0 Å². The smallest absolute Gasteiger partial charge is 0.257 e. The number of hydrogen-bond donors (Lipinski definition) is 2. The third kappa shape index (κ3) is 3.34. The Morgan fingerprint density at radius 3 is 2.81 bits per heavy atom. The first-order valence-corrected chi connectivity index (χ1v) is 6.96. The zero-order valence-electron chi connectivity index (χ0n) is 12.6.